The molecule has 26 heavy (non-hydrogen) atoms. The Hall–Kier alpha value is -2.92. The predicted molar refractivity (Wildman–Crippen MR) is 105 cm³/mol. The van der Waals surface area contributed by atoms with Gasteiger partial charge < -0.3 is 5.32 Å². The maximum absolute atomic E-state index is 6.37. The van der Waals surface area contributed by atoms with Crippen molar-refractivity contribution in [2.45, 2.75) is 20.8 Å². The van der Waals surface area contributed by atoms with E-state index in [2.05, 4.69) is 26.4 Å². The van der Waals surface area contributed by atoms with Crippen molar-refractivity contribution in [3.63, 3.8) is 0 Å². The van der Waals surface area contributed by atoms with Gasteiger partial charge >= 0.3 is 0 Å². The molecule has 2 heterocycles. The lowest BCUT2D eigenvalue weighted by Gasteiger charge is -2.10. The average Bonchev–Trinajstić information content (AvgIpc) is 3.01. The van der Waals surface area contributed by atoms with Gasteiger partial charge in [0, 0.05) is 17.3 Å². The van der Waals surface area contributed by atoms with E-state index in [1.807, 2.05) is 63.2 Å². The fraction of sp³-hybridized carbons (Fsp3) is 0.150. The van der Waals surface area contributed by atoms with Crippen LogP contribution >= 0.6 is 11.6 Å². The third kappa shape index (κ3) is 3.13. The Morgan fingerprint density at radius 3 is 2.50 bits per heavy atom. The van der Waals surface area contributed by atoms with Crippen LogP contribution in [-0.2, 0) is 0 Å². The molecule has 0 fully saturated rings. The number of anilines is 2. The van der Waals surface area contributed by atoms with Crippen LogP contribution < -0.4 is 5.32 Å². The molecular formula is C20H18ClN5. The molecule has 0 radical (unpaired) electrons. The highest BCUT2D eigenvalue weighted by Gasteiger charge is 2.13. The molecule has 6 heteroatoms. The van der Waals surface area contributed by atoms with E-state index in [1.165, 1.54) is 0 Å². The minimum absolute atomic E-state index is 0.548. The van der Waals surface area contributed by atoms with Gasteiger partial charge in [-0.25, -0.2) is 4.98 Å². The minimum atomic E-state index is 0.548. The van der Waals surface area contributed by atoms with E-state index in [1.54, 1.807) is 4.52 Å². The number of aromatic nitrogens is 4. The number of aryl methyl sites for hydroxylation is 3. The normalized spacial score (nSPS) is 11.1. The van der Waals surface area contributed by atoms with Crippen molar-refractivity contribution in [3.8, 4) is 11.4 Å². The van der Waals surface area contributed by atoms with Gasteiger partial charge in [-0.2, -0.15) is 9.50 Å². The third-order valence-electron chi connectivity index (χ3n) is 4.10. The summed E-state index contributed by atoms with van der Waals surface area (Å²) in [5.41, 5.74) is 4.91. The zero-order chi connectivity index (χ0) is 18.3. The third-order valence-corrected chi connectivity index (χ3v) is 4.42. The molecule has 0 unspecified atom stereocenters. The van der Waals surface area contributed by atoms with Crippen LogP contribution in [0.15, 0.2) is 48.5 Å². The van der Waals surface area contributed by atoms with Gasteiger partial charge in [0.25, 0.3) is 5.78 Å². The van der Waals surface area contributed by atoms with Crippen LogP contribution in [0.25, 0.3) is 17.2 Å². The largest absolute Gasteiger partial charge is 0.339 e. The van der Waals surface area contributed by atoms with E-state index in [-0.39, 0.29) is 0 Å². The standard InChI is InChI=1S/C20H18ClN5/c1-12-5-4-6-15(9-12)19-24-20-22-14(3)11-18(26(20)25-19)23-17-8-7-13(2)10-16(17)21/h4-11,23H,1-3H3. The van der Waals surface area contributed by atoms with Crippen molar-refractivity contribution in [2.24, 2.45) is 0 Å². The number of rotatable bonds is 3. The highest BCUT2D eigenvalue weighted by molar-refractivity contribution is 6.33. The summed E-state index contributed by atoms with van der Waals surface area (Å²) in [5, 5.41) is 8.65. The molecule has 2 aromatic heterocycles. The van der Waals surface area contributed by atoms with Crippen LogP contribution in [0.2, 0.25) is 5.02 Å². The number of benzene rings is 2. The molecule has 0 aliphatic rings. The first kappa shape index (κ1) is 16.5. The fourth-order valence-electron chi connectivity index (χ4n) is 2.84. The topological polar surface area (TPSA) is 55.1 Å². The Labute approximate surface area is 156 Å². The summed E-state index contributed by atoms with van der Waals surface area (Å²) in [6.45, 7) is 5.99. The Morgan fingerprint density at radius 1 is 0.923 bits per heavy atom. The molecule has 5 nitrogen and oxygen atoms in total. The van der Waals surface area contributed by atoms with Gasteiger partial charge in [0.2, 0.25) is 0 Å². The quantitative estimate of drug-likeness (QED) is 0.549. The summed E-state index contributed by atoms with van der Waals surface area (Å²) in [7, 11) is 0. The van der Waals surface area contributed by atoms with E-state index in [0.29, 0.717) is 16.6 Å². The van der Waals surface area contributed by atoms with Crippen molar-refractivity contribution < 1.29 is 0 Å². The first-order valence-electron chi connectivity index (χ1n) is 8.34. The molecule has 4 aromatic rings. The molecular weight excluding hydrogens is 346 g/mol. The van der Waals surface area contributed by atoms with Crippen LogP contribution in [0, 0.1) is 20.8 Å². The Balaban J connectivity index is 1.82. The summed E-state index contributed by atoms with van der Waals surface area (Å²) in [6, 6.07) is 15.9. The van der Waals surface area contributed by atoms with Gasteiger partial charge in [0.1, 0.15) is 5.82 Å². The zero-order valence-corrected chi connectivity index (χ0v) is 15.5. The summed E-state index contributed by atoms with van der Waals surface area (Å²) >= 11 is 6.37. The van der Waals surface area contributed by atoms with Crippen LogP contribution in [-0.4, -0.2) is 19.6 Å². The smallest absolute Gasteiger partial charge is 0.254 e. The van der Waals surface area contributed by atoms with E-state index < -0.39 is 0 Å². The van der Waals surface area contributed by atoms with Crippen molar-refractivity contribution in [3.05, 3.63) is 70.4 Å². The van der Waals surface area contributed by atoms with Crippen LogP contribution in [0.5, 0.6) is 0 Å². The van der Waals surface area contributed by atoms with Gasteiger partial charge in [-0.05, 0) is 44.5 Å². The first-order chi connectivity index (χ1) is 12.5. The molecule has 130 valence electrons. The van der Waals surface area contributed by atoms with Crippen molar-refractivity contribution >= 4 is 28.9 Å². The van der Waals surface area contributed by atoms with Crippen LogP contribution in [0.4, 0.5) is 11.5 Å². The number of hydrogen-bond donors (Lipinski definition) is 1. The van der Waals surface area contributed by atoms with E-state index in [9.17, 15) is 0 Å². The van der Waals surface area contributed by atoms with Gasteiger partial charge in [-0.1, -0.05) is 41.4 Å². The van der Waals surface area contributed by atoms with Crippen molar-refractivity contribution in [2.75, 3.05) is 5.32 Å². The van der Waals surface area contributed by atoms with E-state index in [0.717, 1.165) is 33.9 Å². The second-order valence-electron chi connectivity index (χ2n) is 6.41. The Bertz CT molecular complexity index is 1120. The molecule has 0 saturated heterocycles. The fourth-order valence-corrected chi connectivity index (χ4v) is 3.12. The lowest BCUT2D eigenvalue weighted by Crippen LogP contribution is -2.03. The average molecular weight is 364 g/mol. The highest BCUT2D eigenvalue weighted by atomic mass is 35.5. The van der Waals surface area contributed by atoms with E-state index >= 15 is 0 Å². The number of nitrogens with one attached hydrogen (secondary N) is 1. The van der Waals surface area contributed by atoms with Crippen molar-refractivity contribution in [1.29, 1.82) is 0 Å². The minimum Gasteiger partial charge on any atom is -0.339 e. The van der Waals surface area contributed by atoms with Crippen LogP contribution in [0.1, 0.15) is 16.8 Å². The number of halogens is 1. The molecule has 0 amide bonds. The molecule has 0 aliphatic carbocycles. The van der Waals surface area contributed by atoms with Gasteiger partial charge in [0.05, 0.1) is 10.7 Å². The Kier molecular flexibility index (Phi) is 4.09. The van der Waals surface area contributed by atoms with E-state index in [4.69, 9.17) is 11.6 Å². The molecule has 0 atom stereocenters. The predicted octanol–water partition coefficient (Wildman–Crippen LogP) is 5.11. The first-order valence-corrected chi connectivity index (χ1v) is 8.72. The SMILES string of the molecule is Cc1cccc(-c2nc3nc(C)cc(Nc4ccc(C)cc4Cl)n3n2)c1. The van der Waals surface area contributed by atoms with Gasteiger partial charge in [-0.15, -0.1) is 5.10 Å². The monoisotopic (exact) mass is 363 g/mol. The number of hydrogen-bond acceptors (Lipinski definition) is 4. The lowest BCUT2D eigenvalue weighted by molar-refractivity contribution is 0.940. The lowest BCUT2D eigenvalue weighted by atomic mass is 10.1. The maximum Gasteiger partial charge on any atom is 0.254 e. The molecule has 0 bridgehead atoms. The summed E-state index contributed by atoms with van der Waals surface area (Å²) in [4.78, 5) is 9.09. The summed E-state index contributed by atoms with van der Waals surface area (Å²) < 4.78 is 1.71. The second-order valence-corrected chi connectivity index (χ2v) is 6.81. The van der Waals surface area contributed by atoms with Crippen molar-refractivity contribution in [1.82, 2.24) is 19.6 Å². The molecule has 4 rings (SSSR count). The van der Waals surface area contributed by atoms with Gasteiger partial charge in [-0.3, -0.25) is 0 Å². The molecule has 0 spiro atoms. The molecule has 2 aromatic carbocycles. The number of fused-ring (bicyclic) bond motifs is 1. The second kappa shape index (κ2) is 6.42. The highest BCUT2D eigenvalue weighted by Crippen LogP contribution is 2.27. The van der Waals surface area contributed by atoms with Crippen LogP contribution in [0.3, 0.4) is 0 Å². The maximum atomic E-state index is 6.37. The Morgan fingerprint density at radius 2 is 1.73 bits per heavy atom. The number of nitrogens with zero attached hydrogens (tertiary/aromatic N) is 4. The molecule has 0 aliphatic heterocycles. The molecule has 1 N–H and O–H groups in total. The molecule has 0 saturated carbocycles. The summed E-state index contributed by atoms with van der Waals surface area (Å²) in [5.74, 6) is 1.96. The van der Waals surface area contributed by atoms with Gasteiger partial charge in [0.15, 0.2) is 5.82 Å². The summed E-state index contributed by atoms with van der Waals surface area (Å²) in [6.07, 6.45) is 0. The zero-order valence-electron chi connectivity index (χ0n) is 14.8.